The van der Waals surface area contributed by atoms with Gasteiger partial charge in [-0.2, -0.15) is 5.10 Å². The Balaban J connectivity index is 1.66. The van der Waals surface area contributed by atoms with Gasteiger partial charge in [0, 0.05) is 17.3 Å². The predicted molar refractivity (Wildman–Crippen MR) is 101 cm³/mol. The van der Waals surface area contributed by atoms with Gasteiger partial charge in [0.1, 0.15) is 0 Å². The minimum Gasteiger partial charge on any atom is -0.331 e. The molecule has 2 aromatic carbocycles. The fourth-order valence-electron chi connectivity index (χ4n) is 2.98. The molecule has 0 saturated heterocycles. The van der Waals surface area contributed by atoms with Gasteiger partial charge in [0.15, 0.2) is 5.11 Å². The van der Waals surface area contributed by atoms with E-state index in [2.05, 4.69) is 46.2 Å². The summed E-state index contributed by atoms with van der Waals surface area (Å²) in [5.74, 6) is 0.400. The molecular weight excluding hydrogens is 302 g/mol. The van der Waals surface area contributed by atoms with Crippen molar-refractivity contribution in [2.45, 2.75) is 31.6 Å². The van der Waals surface area contributed by atoms with E-state index in [-0.39, 0.29) is 0 Å². The van der Waals surface area contributed by atoms with E-state index < -0.39 is 0 Å². The van der Waals surface area contributed by atoms with Gasteiger partial charge in [-0.25, -0.2) is 0 Å². The summed E-state index contributed by atoms with van der Waals surface area (Å²) in [6.45, 7) is 0. The molecule has 0 bridgehead atoms. The lowest BCUT2D eigenvalue weighted by Crippen LogP contribution is -2.27. The van der Waals surface area contributed by atoms with Crippen LogP contribution in [0.5, 0.6) is 0 Å². The number of nitrogens with zero attached hydrogens (tertiary/aromatic N) is 1. The quantitative estimate of drug-likeness (QED) is 0.635. The van der Waals surface area contributed by atoms with E-state index >= 15 is 0 Å². The first-order valence-corrected chi connectivity index (χ1v) is 8.47. The maximum Gasteiger partial charge on any atom is 0.191 e. The van der Waals surface area contributed by atoms with Crippen LogP contribution < -0.4 is 10.7 Å². The van der Waals surface area contributed by atoms with Crippen LogP contribution in [0.25, 0.3) is 0 Å². The first-order chi connectivity index (χ1) is 11.3. The molecule has 0 radical (unpaired) electrons. The zero-order valence-corrected chi connectivity index (χ0v) is 13.9. The van der Waals surface area contributed by atoms with E-state index in [4.69, 9.17) is 12.2 Å². The molecule has 0 spiro atoms. The number of hydrogen-bond donors (Lipinski definition) is 2. The van der Waals surface area contributed by atoms with Crippen LogP contribution in [-0.2, 0) is 0 Å². The molecule has 1 unspecified atom stereocenters. The minimum atomic E-state index is 0.400. The van der Waals surface area contributed by atoms with Crippen molar-refractivity contribution in [2.24, 2.45) is 5.10 Å². The summed E-state index contributed by atoms with van der Waals surface area (Å²) in [6.07, 6.45) is 4.64. The molecular formula is C19H21N3S. The Hall–Kier alpha value is -2.20. The molecule has 1 fully saturated rings. The number of benzene rings is 2. The maximum atomic E-state index is 5.33. The van der Waals surface area contributed by atoms with Crippen molar-refractivity contribution in [3.8, 4) is 0 Å². The number of hydrogen-bond acceptors (Lipinski definition) is 2. The van der Waals surface area contributed by atoms with Crippen molar-refractivity contribution in [1.29, 1.82) is 0 Å². The Morgan fingerprint density at radius 1 is 0.957 bits per heavy atom. The first-order valence-electron chi connectivity index (χ1n) is 8.06. The van der Waals surface area contributed by atoms with Crippen molar-refractivity contribution in [3.63, 3.8) is 0 Å². The van der Waals surface area contributed by atoms with Gasteiger partial charge in [-0.05, 0) is 49.2 Å². The zero-order valence-electron chi connectivity index (χ0n) is 13.0. The van der Waals surface area contributed by atoms with Gasteiger partial charge in [0.25, 0.3) is 0 Å². The number of hydrazone groups is 1. The molecule has 0 heterocycles. The lowest BCUT2D eigenvalue weighted by molar-refractivity contribution is 0.608. The second-order valence-electron chi connectivity index (χ2n) is 5.74. The summed E-state index contributed by atoms with van der Waals surface area (Å²) >= 11 is 5.33. The SMILES string of the molecule is S=C(NN=C1CCCCC1c1ccccc1)Nc1ccccc1. The molecule has 1 aliphatic carbocycles. The lowest BCUT2D eigenvalue weighted by Gasteiger charge is -2.24. The van der Waals surface area contributed by atoms with Crippen LogP contribution in [0.4, 0.5) is 5.69 Å². The Bertz CT molecular complexity index is 668. The molecule has 0 aliphatic heterocycles. The van der Waals surface area contributed by atoms with E-state index in [0.29, 0.717) is 11.0 Å². The Morgan fingerprint density at radius 2 is 1.65 bits per heavy atom. The summed E-state index contributed by atoms with van der Waals surface area (Å²) in [6, 6.07) is 20.5. The number of para-hydroxylation sites is 1. The molecule has 2 aromatic rings. The topological polar surface area (TPSA) is 36.4 Å². The molecule has 118 valence electrons. The largest absolute Gasteiger partial charge is 0.331 e. The smallest absolute Gasteiger partial charge is 0.191 e. The van der Waals surface area contributed by atoms with Crippen molar-refractivity contribution in [3.05, 3.63) is 66.2 Å². The van der Waals surface area contributed by atoms with E-state index in [1.54, 1.807) is 0 Å². The Morgan fingerprint density at radius 3 is 2.39 bits per heavy atom. The second-order valence-corrected chi connectivity index (χ2v) is 6.15. The van der Waals surface area contributed by atoms with Gasteiger partial charge >= 0.3 is 0 Å². The van der Waals surface area contributed by atoms with Crippen LogP contribution in [0.3, 0.4) is 0 Å². The number of thiocarbonyl (C=S) groups is 1. The monoisotopic (exact) mass is 323 g/mol. The Labute approximate surface area is 142 Å². The van der Waals surface area contributed by atoms with Crippen LogP contribution in [0, 0.1) is 0 Å². The van der Waals surface area contributed by atoms with Crippen LogP contribution in [0.15, 0.2) is 65.8 Å². The molecule has 1 aliphatic rings. The number of nitrogens with one attached hydrogen (secondary N) is 2. The average Bonchev–Trinajstić information content (AvgIpc) is 2.62. The van der Waals surface area contributed by atoms with Gasteiger partial charge in [-0.3, -0.25) is 5.43 Å². The summed E-state index contributed by atoms with van der Waals surface area (Å²) in [5.41, 5.74) is 6.51. The minimum absolute atomic E-state index is 0.400. The van der Waals surface area contributed by atoms with Crippen LogP contribution >= 0.6 is 12.2 Å². The average molecular weight is 323 g/mol. The molecule has 2 N–H and O–H groups in total. The van der Waals surface area contributed by atoms with E-state index in [9.17, 15) is 0 Å². The van der Waals surface area contributed by atoms with E-state index in [0.717, 1.165) is 18.5 Å². The van der Waals surface area contributed by atoms with Gasteiger partial charge in [0.05, 0.1) is 0 Å². The Kier molecular flexibility index (Phi) is 5.37. The molecule has 0 aromatic heterocycles. The summed E-state index contributed by atoms with van der Waals surface area (Å²) in [4.78, 5) is 0. The third-order valence-corrected chi connectivity index (χ3v) is 4.31. The van der Waals surface area contributed by atoms with Crippen LogP contribution in [0.2, 0.25) is 0 Å². The highest BCUT2D eigenvalue weighted by Crippen LogP contribution is 2.30. The van der Waals surface area contributed by atoms with Crippen molar-refractivity contribution in [2.75, 3.05) is 5.32 Å². The highest BCUT2D eigenvalue weighted by molar-refractivity contribution is 7.80. The normalized spacial score (nSPS) is 19.3. The van der Waals surface area contributed by atoms with Gasteiger partial charge in [0.2, 0.25) is 0 Å². The molecule has 3 nitrogen and oxygen atoms in total. The second kappa shape index (κ2) is 7.88. The van der Waals surface area contributed by atoms with E-state index in [1.165, 1.54) is 24.1 Å². The number of anilines is 1. The molecule has 1 saturated carbocycles. The van der Waals surface area contributed by atoms with Crippen molar-refractivity contribution < 1.29 is 0 Å². The molecule has 23 heavy (non-hydrogen) atoms. The standard InChI is InChI=1S/C19H21N3S/c23-19(20-16-11-5-2-6-12-16)22-21-18-14-8-7-13-17(18)15-9-3-1-4-10-15/h1-6,9-12,17H,7-8,13-14H2,(H2,20,22,23). The molecule has 3 rings (SSSR count). The maximum absolute atomic E-state index is 5.33. The highest BCUT2D eigenvalue weighted by atomic mass is 32.1. The highest BCUT2D eigenvalue weighted by Gasteiger charge is 2.22. The van der Waals surface area contributed by atoms with E-state index in [1.807, 2.05) is 30.3 Å². The summed E-state index contributed by atoms with van der Waals surface area (Å²) in [5, 5.41) is 8.28. The van der Waals surface area contributed by atoms with Crippen molar-refractivity contribution in [1.82, 2.24) is 5.43 Å². The molecule has 0 amide bonds. The predicted octanol–water partition coefficient (Wildman–Crippen LogP) is 4.69. The zero-order chi connectivity index (χ0) is 15.9. The summed E-state index contributed by atoms with van der Waals surface area (Å²) < 4.78 is 0. The number of rotatable bonds is 3. The van der Waals surface area contributed by atoms with Gasteiger partial charge in [-0.1, -0.05) is 55.0 Å². The van der Waals surface area contributed by atoms with Crippen LogP contribution in [0.1, 0.15) is 37.2 Å². The summed E-state index contributed by atoms with van der Waals surface area (Å²) in [7, 11) is 0. The van der Waals surface area contributed by atoms with Crippen LogP contribution in [-0.4, -0.2) is 10.8 Å². The molecule has 1 atom stereocenters. The third-order valence-electron chi connectivity index (χ3n) is 4.11. The fourth-order valence-corrected chi connectivity index (χ4v) is 3.14. The van der Waals surface area contributed by atoms with Gasteiger partial charge < -0.3 is 5.32 Å². The fraction of sp³-hybridized carbons (Fsp3) is 0.263. The lowest BCUT2D eigenvalue weighted by atomic mass is 9.82. The third kappa shape index (κ3) is 4.39. The molecule has 4 heteroatoms. The van der Waals surface area contributed by atoms with Crippen molar-refractivity contribution >= 4 is 28.7 Å². The first kappa shape index (κ1) is 15.7. The van der Waals surface area contributed by atoms with Gasteiger partial charge in [-0.15, -0.1) is 0 Å².